The summed E-state index contributed by atoms with van der Waals surface area (Å²) in [5.41, 5.74) is 1.23. The maximum Gasteiger partial charge on any atom is 0.161 e. The van der Waals surface area contributed by atoms with Crippen molar-refractivity contribution in [3.63, 3.8) is 0 Å². The smallest absolute Gasteiger partial charge is 0.161 e. The summed E-state index contributed by atoms with van der Waals surface area (Å²) in [6.07, 6.45) is 1.07. The van der Waals surface area contributed by atoms with E-state index in [0.29, 0.717) is 19.3 Å². The Morgan fingerprint density at radius 2 is 1.95 bits per heavy atom. The summed E-state index contributed by atoms with van der Waals surface area (Å²) in [5.74, 6) is 1.72. The second-order valence-corrected chi connectivity index (χ2v) is 6.85. The maximum atomic E-state index is 5.62. The van der Waals surface area contributed by atoms with Crippen molar-refractivity contribution in [3.8, 4) is 11.5 Å². The molecule has 0 saturated carbocycles. The highest BCUT2D eigenvalue weighted by Crippen LogP contribution is 2.30. The zero-order valence-electron chi connectivity index (χ0n) is 12.5. The molecule has 1 aliphatic rings. The van der Waals surface area contributed by atoms with E-state index in [2.05, 4.69) is 43.4 Å². The predicted molar refractivity (Wildman–Crippen MR) is 86.5 cm³/mol. The Morgan fingerprint density at radius 3 is 2.71 bits per heavy atom. The summed E-state index contributed by atoms with van der Waals surface area (Å²) < 4.78 is 11.2. The van der Waals surface area contributed by atoms with Crippen molar-refractivity contribution in [3.05, 3.63) is 45.6 Å². The molecule has 112 valence electrons. The van der Waals surface area contributed by atoms with Crippen molar-refractivity contribution in [2.45, 2.75) is 32.9 Å². The Hall–Kier alpha value is -1.52. The molecule has 1 atom stereocenters. The molecule has 0 spiro atoms. The molecule has 0 radical (unpaired) electrons. The standard InChI is InChI=1S/C17H21NO2S/c1-12(9-15-5-3-13(2)21-15)18-11-14-4-6-16-17(10-14)20-8-7-19-16/h3-6,10,12,18H,7-9,11H2,1-2H3. The van der Waals surface area contributed by atoms with Crippen molar-refractivity contribution in [1.29, 1.82) is 0 Å². The van der Waals surface area contributed by atoms with Crippen LogP contribution in [-0.2, 0) is 13.0 Å². The third-order valence-electron chi connectivity index (χ3n) is 3.56. The van der Waals surface area contributed by atoms with E-state index >= 15 is 0 Å². The number of thiophene rings is 1. The number of hydrogen-bond donors (Lipinski definition) is 1. The molecule has 1 N–H and O–H groups in total. The van der Waals surface area contributed by atoms with Gasteiger partial charge in [-0.3, -0.25) is 0 Å². The molecule has 0 saturated heterocycles. The van der Waals surface area contributed by atoms with Gasteiger partial charge >= 0.3 is 0 Å². The van der Waals surface area contributed by atoms with E-state index in [1.807, 2.05) is 17.4 Å². The Balaban J connectivity index is 1.54. The van der Waals surface area contributed by atoms with Gasteiger partial charge in [-0.25, -0.2) is 0 Å². The van der Waals surface area contributed by atoms with Crippen molar-refractivity contribution in [1.82, 2.24) is 5.32 Å². The molecule has 3 nitrogen and oxygen atoms in total. The maximum absolute atomic E-state index is 5.62. The van der Waals surface area contributed by atoms with E-state index in [9.17, 15) is 0 Å². The Labute approximate surface area is 129 Å². The summed E-state index contributed by atoms with van der Waals surface area (Å²) in [7, 11) is 0. The fraction of sp³-hybridized carbons (Fsp3) is 0.412. The number of nitrogens with one attached hydrogen (secondary N) is 1. The van der Waals surface area contributed by atoms with Crippen LogP contribution >= 0.6 is 11.3 Å². The first-order valence-corrected chi connectivity index (χ1v) is 8.19. The van der Waals surface area contributed by atoms with Crippen LogP contribution in [0.25, 0.3) is 0 Å². The molecule has 1 aliphatic heterocycles. The summed E-state index contributed by atoms with van der Waals surface area (Å²) in [6.45, 7) is 6.51. The van der Waals surface area contributed by atoms with Gasteiger partial charge in [-0.2, -0.15) is 0 Å². The van der Waals surface area contributed by atoms with E-state index in [0.717, 1.165) is 24.5 Å². The number of aryl methyl sites for hydroxylation is 1. The predicted octanol–water partition coefficient (Wildman–Crippen LogP) is 3.55. The van der Waals surface area contributed by atoms with Crippen molar-refractivity contribution in [2.75, 3.05) is 13.2 Å². The van der Waals surface area contributed by atoms with E-state index in [4.69, 9.17) is 9.47 Å². The topological polar surface area (TPSA) is 30.5 Å². The molecular formula is C17H21NO2S. The van der Waals surface area contributed by atoms with Crippen LogP contribution in [0.1, 0.15) is 22.2 Å². The molecule has 1 unspecified atom stereocenters. The lowest BCUT2D eigenvalue weighted by atomic mass is 10.1. The van der Waals surface area contributed by atoms with Crippen LogP contribution in [0.3, 0.4) is 0 Å². The highest BCUT2D eigenvalue weighted by atomic mass is 32.1. The first-order valence-electron chi connectivity index (χ1n) is 7.38. The molecule has 2 heterocycles. The molecule has 1 aromatic carbocycles. The number of ether oxygens (including phenoxy) is 2. The molecule has 0 bridgehead atoms. The molecule has 21 heavy (non-hydrogen) atoms. The van der Waals surface area contributed by atoms with Crippen LogP contribution < -0.4 is 14.8 Å². The second kappa shape index (κ2) is 6.50. The number of rotatable bonds is 5. The lowest BCUT2D eigenvalue weighted by molar-refractivity contribution is 0.171. The van der Waals surface area contributed by atoms with Crippen LogP contribution in [0.15, 0.2) is 30.3 Å². The van der Waals surface area contributed by atoms with Gasteiger partial charge in [-0.15, -0.1) is 11.3 Å². The highest BCUT2D eigenvalue weighted by Gasteiger charge is 2.12. The van der Waals surface area contributed by atoms with Crippen LogP contribution in [0.2, 0.25) is 0 Å². The third kappa shape index (κ3) is 3.77. The minimum Gasteiger partial charge on any atom is -0.486 e. The van der Waals surface area contributed by atoms with E-state index in [1.165, 1.54) is 15.3 Å². The zero-order chi connectivity index (χ0) is 14.7. The average Bonchev–Trinajstić information content (AvgIpc) is 2.90. The summed E-state index contributed by atoms with van der Waals surface area (Å²) >= 11 is 1.88. The lowest BCUT2D eigenvalue weighted by Gasteiger charge is -2.19. The van der Waals surface area contributed by atoms with Gasteiger partial charge in [-0.05, 0) is 50.1 Å². The fourth-order valence-electron chi connectivity index (χ4n) is 2.46. The summed E-state index contributed by atoms with van der Waals surface area (Å²) in [4.78, 5) is 2.82. The lowest BCUT2D eigenvalue weighted by Crippen LogP contribution is -2.27. The number of hydrogen-bond acceptors (Lipinski definition) is 4. The van der Waals surface area contributed by atoms with Gasteiger partial charge in [-0.1, -0.05) is 6.07 Å². The molecule has 0 fully saturated rings. The number of benzene rings is 1. The van der Waals surface area contributed by atoms with Gasteiger partial charge in [0.25, 0.3) is 0 Å². The van der Waals surface area contributed by atoms with Crippen LogP contribution in [-0.4, -0.2) is 19.3 Å². The van der Waals surface area contributed by atoms with Crippen molar-refractivity contribution >= 4 is 11.3 Å². The highest BCUT2D eigenvalue weighted by molar-refractivity contribution is 7.11. The first-order chi connectivity index (χ1) is 10.2. The minimum absolute atomic E-state index is 0.455. The minimum atomic E-state index is 0.455. The quantitative estimate of drug-likeness (QED) is 0.916. The zero-order valence-corrected chi connectivity index (χ0v) is 13.3. The Bertz CT molecular complexity index is 609. The van der Waals surface area contributed by atoms with Gasteiger partial charge in [0.2, 0.25) is 0 Å². The van der Waals surface area contributed by atoms with Gasteiger partial charge in [0.05, 0.1) is 0 Å². The second-order valence-electron chi connectivity index (χ2n) is 5.48. The van der Waals surface area contributed by atoms with E-state index < -0.39 is 0 Å². The van der Waals surface area contributed by atoms with Crippen LogP contribution in [0.4, 0.5) is 0 Å². The van der Waals surface area contributed by atoms with Crippen LogP contribution in [0.5, 0.6) is 11.5 Å². The molecule has 0 amide bonds. The molecule has 2 aromatic rings. The SMILES string of the molecule is Cc1ccc(CC(C)NCc2ccc3c(c2)OCCO3)s1. The van der Waals surface area contributed by atoms with E-state index in [1.54, 1.807) is 0 Å². The largest absolute Gasteiger partial charge is 0.486 e. The molecule has 1 aromatic heterocycles. The fourth-order valence-corrected chi connectivity index (χ4v) is 3.48. The number of fused-ring (bicyclic) bond motifs is 1. The molecule has 0 aliphatic carbocycles. The van der Waals surface area contributed by atoms with Gasteiger partial charge in [0, 0.05) is 22.3 Å². The van der Waals surface area contributed by atoms with Gasteiger partial charge in [0.15, 0.2) is 11.5 Å². The van der Waals surface area contributed by atoms with Gasteiger partial charge < -0.3 is 14.8 Å². The third-order valence-corrected chi connectivity index (χ3v) is 4.59. The monoisotopic (exact) mass is 303 g/mol. The Kier molecular flexibility index (Phi) is 4.46. The molecule has 4 heteroatoms. The van der Waals surface area contributed by atoms with Crippen molar-refractivity contribution in [2.24, 2.45) is 0 Å². The first kappa shape index (κ1) is 14.4. The molecule has 3 rings (SSSR count). The average molecular weight is 303 g/mol. The van der Waals surface area contributed by atoms with Gasteiger partial charge in [0.1, 0.15) is 13.2 Å². The van der Waals surface area contributed by atoms with E-state index in [-0.39, 0.29) is 0 Å². The Morgan fingerprint density at radius 1 is 1.14 bits per heavy atom. The van der Waals surface area contributed by atoms with Crippen LogP contribution in [0, 0.1) is 6.92 Å². The summed E-state index contributed by atoms with van der Waals surface area (Å²) in [5, 5.41) is 3.57. The van der Waals surface area contributed by atoms with Crippen molar-refractivity contribution < 1.29 is 9.47 Å². The molecular weight excluding hydrogens is 282 g/mol. The summed E-state index contributed by atoms with van der Waals surface area (Å²) in [6, 6.07) is 11.0. The normalized spacial score (nSPS) is 15.0.